The van der Waals surface area contributed by atoms with Crippen LogP contribution in [-0.4, -0.2) is 37.8 Å². The van der Waals surface area contributed by atoms with Crippen molar-refractivity contribution in [3.05, 3.63) is 0 Å². The number of nitrogens with one attached hydrogen (secondary N) is 1. The number of ether oxygens (including phenoxy) is 1. The van der Waals surface area contributed by atoms with Crippen LogP contribution in [0.2, 0.25) is 0 Å². The summed E-state index contributed by atoms with van der Waals surface area (Å²) in [5.74, 6) is 0. The van der Waals surface area contributed by atoms with E-state index < -0.39 is 0 Å². The van der Waals surface area contributed by atoms with E-state index in [-0.39, 0.29) is 0 Å². The summed E-state index contributed by atoms with van der Waals surface area (Å²) in [4.78, 5) is 0. The molecule has 0 aromatic heterocycles. The van der Waals surface area contributed by atoms with Crippen LogP contribution < -0.4 is 5.32 Å². The van der Waals surface area contributed by atoms with Crippen LogP contribution in [-0.2, 0) is 4.74 Å². The Morgan fingerprint density at radius 1 is 1.31 bits per heavy atom. The molecular weight excluding hydrogens is 182 g/mol. The highest BCUT2D eigenvalue weighted by Gasteiger charge is 2.23. The lowest BCUT2D eigenvalue weighted by Gasteiger charge is -2.29. The van der Waals surface area contributed by atoms with Gasteiger partial charge in [0.25, 0.3) is 0 Å². The Bertz CT molecular complexity index is 107. The molecule has 0 fully saturated rings. The topological polar surface area (TPSA) is 21.3 Å². The van der Waals surface area contributed by atoms with Gasteiger partial charge in [0.05, 0.1) is 6.61 Å². The summed E-state index contributed by atoms with van der Waals surface area (Å²) < 4.78 is 5.41. The molecule has 1 N–H and O–H groups in total. The highest BCUT2D eigenvalue weighted by molar-refractivity contribution is 8.00. The van der Waals surface area contributed by atoms with Crippen LogP contribution in [0, 0.1) is 0 Å². The molecular formula is C10H23NOS. The summed E-state index contributed by atoms with van der Waals surface area (Å²) in [7, 11) is 1.74. The smallest absolute Gasteiger partial charge is 0.0587 e. The monoisotopic (exact) mass is 205 g/mol. The van der Waals surface area contributed by atoms with Crippen molar-refractivity contribution in [1.82, 2.24) is 5.32 Å². The summed E-state index contributed by atoms with van der Waals surface area (Å²) in [6.07, 6.45) is 4.65. The summed E-state index contributed by atoms with van der Waals surface area (Å²) in [6, 6.07) is 0. The summed E-state index contributed by atoms with van der Waals surface area (Å²) in [5, 5.41) is 3.43. The first-order valence-corrected chi connectivity index (χ1v) is 6.22. The molecule has 0 saturated carbocycles. The molecule has 0 saturated heterocycles. The second kappa shape index (κ2) is 7.65. The fraction of sp³-hybridized carbons (Fsp3) is 1.00. The zero-order valence-corrected chi connectivity index (χ0v) is 10.2. The van der Waals surface area contributed by atoms with Gasteiger partial charge in [-0.25, -0.2) is 0 Å². The van der Waals surface area contributed by atoms with E-state index in [1.807, 2.05) is 11.8 Å². The van der Waals surface area contributed by atoms with Gasteiger partial charge in [0, 0.05) is 24.9 Å². The fourth-order valence-electron chi connectivity index (χ4n) is 1.35. The molecule has 2 nitrogen and oxygen atoms in total. The summed E-state index contributed by atoms with van der Waals surface area (Å²) >= 11 is 1.97. The van der Waals surface area contributed by atoms with E-state index in [4.69, 9.17) is 4.74 Å². The molecule has 0 heterocycles. The van der Waals surface area contributed by atoms with Crippen molar-refractivity contribution in [2.75, 3.05) is 33.1 Å². The predicted molar refractivity (Wildman–Crippen MR) is 61.6 cm³/mol. The average Bonchev–Trinajstić information content (AvgIpc) is 2.20. The third kappa shape index (κ3) is 4.89. The number of hydrogen-bond acceptors (Lipinski definition) is 3. The maximum Gasteiger partial charge on any atom is 0.0587 e. The second-order valence-corrected chi connectivity index (χ2v) is 4.54. The van der Waals surface area contributed by atoms with Crippen molar-refractivity contribution in [3.63, 3.8) is 0 Å². The van der Waals surface area contributed by atoms with Gasteiger partial charge in [-0.1, -0.05) is 13.8 Å². The quantitative estimate of drug-likeness (QED) is 0.614. The van der Waals surface area contributed by atoms with E-state index >= 15 is 0 Å². The van der Waals surface area contributed by atoms with Crippen LogP contribution in [0.1, 0.15) is 26.7 Å². The molecule has 0 radical (unpaired) electrons. The Balaban J connectivity index is 3.68. The van der Waals surface area contributed by atoms with Crippen LogP contribution in [0.4, 0.5) is 0 Å². The lowest BCUT2D eigenvalue weighted by Crippen LogP contribution is -2.37. The van der Waals surface area contributed by atoms with E-state index in [1.54, 1.807) is 7.11 Å². The van der Waals surface area contributed by atoms with Crippen molar-refractivity contribution in [3.8, 4) is 0 Å². The predicted octanol–water partition coefficient (Wildman–Crippen LogP) is 2.14. The highest BCUT2D eigenvalue weighted by Crippen LogP contribution is 2.29. The Morgan fingerprint density at radius 3 is 2.31 bits per heavy atom. The minimum atomic E-state index is 0.424. The van der Waals surface area contributed by atoms with Crippen LogP contribution >= 0.6 is 11.8 Å². The van der Waals surface area contributed by atoms with Gasteiger partial charge in [0.1, 0.15) is 0 Å². The molecule has 0 aromatic rings. The molecule has 0 atom stereocenters. The van der Waals surface area contributed by atoms with E-state index in [0.717, 1.165) is 19.7 Å². The lowest BCUT2D eigenvalue weighted by atomic mass is 10.0. The number of hydrogen-bond donors (Lipinski definition) is 1. The minimum absolute atomic E-state index is 0.424. The summed E-state index contributed by atoms with van der Waals surface area (Å²) in [5.41, 5.74) is 0. The van der Waals surface area contributed by atoms with Crippen molar-refractivity contribution < 1.29 is 4.74 Å². The Morgan fingerprint density at radius 2 is 1.92 bits per heavy atom. The maximum atomic E-state index is 4.99. The second-order valence-electron chi connectivity index (χ2n) is 3.26. The Labute approximate surface area is 86.8 Å². The molecule has 0 aliphatic heterocycles. The van der Waals surface area contributed by atoms with Gasteiger partial charge in [-0.05, 0) is 19.1 Å². The third-order valence-corrected chi connectivity index (χ3v) is 4.24. The zero-order valence-electron chi connectivity index (χ0n) is 9.35. The van der Waals surface area contributed by atoms with E-state index in [0.29, 0.717) is 4.75 Å². The first-order chi connectivity index (χ1) is 6.24. The largest absolute Gasteiger partial charge is 0.383 e. The van der Waals surface area contributed by atoms with Crippen LogP contribution in [0.15, 0.2) is 0 Å². The van der Waals surface area contributed by atoms with Gasteiger partial charge in [-0.15, -0.1) is 0 Å². The Kier molecular flexibility index (Phi) is 7.81. The first kappa shape index (κ1) is 13.3. The number of thioether (sulfide) groups is 1. The first-order valence-electron chi connectivity index (χ1n) is 4.99. The molecule has 0 spiro atoms. The van der Waals surface area contributed by atoms with Crippen LogP contribution in [0.3, 0.4) is 0 Å². The van der Waals surface area contributed by atoms with Crippen LogP contribution in [0.25, 0.3) is 0 Å². The van der Waals surface area contributed by atoms with Gasteiger partial charge in [0.2, 0.25) is 0 Å². The van der Waals surface area contributed by atoms with E-state index in [1.165, 1.54) is 12.8 Å². The Hall–Kier alpha value is 0.270. The van der Waals surface area contributed by atoms with Crippen molar-refractivity contribution >= 4 is 11.8 Å². The van der Waals surface area contributed by atoms with Crippen molar-refractivity contribution in [1.29, 1.82) is 0 Å². The standard InChI is InChI=1S/C10H23NOS/c1-5-10(6-2,13-4)9-11-7-8-12-3/h11H,5-9H2,1-4H3. The van der Waals surface area contributed by atoms with Gasteiger partial charge < -0.3 is 10.1 Å². The highest BCUT2D eigenvalue weighted by atomic mass is 32.2. The summed E-state index contributed by atoms with van der Waals surface area (Å²) in [6.45, 7) is 7.37. The maximum absolute atomic E-state index is 4.99. The molecule has 0 aromatic carbocycles. The molecule has 0 bridgehead atoms. The molecule has 3 heteroatoms. The van der Waals surface area contributed by atoms with Crippen molar-refractivity contribution in [2.24, 2.45) is 0 Å². The lowest BCUT2D eigenvalue weighted by molar-refractivity contribution is 0.198. The van der Waals surface area contributed by atoms with Crippen molar-refractivity contribution in [2.45, 2.75) is 31.4 Å². The number of rotatable bonds is 8. The average molecular weight is 205 g/mol. The van der Waals surface area contributed by atoms with Gasteiger partial charge in [0.15, 0.2) is 0 Å². The van der Waals surface area contributed by atoms with E-state index in [9.17, 15) is 0 Å². The third-order valence-electron chi connectivity index (χ3n) is 2.65. The molecule has 0 unspecified atom stereocenters. The van der Waals surface area contributed by atoms with E-state index in [2.05, 4.69) is 25.4 Å². The van der Waals surface area contributed by atoms with Gasteiger partial charge >= 0.3 is 0 Å². The van der Waals surface area contributed by atoms with Crippen LogP contribution in [0.5, 0.6) is 0 Å². The fourth-order valence-corrected chi connectivity index (χ4v) is 2.18. The molecule has 0 amide bonds. The van der Waals surface area contributed by atoms with Gasteiger partial charge in [-0.3, -0.25) is 0 Å². The molecule has 0 aliphatic carbocycles. The normalized spacial score (nSPS) is 12.0. The molecule has 80 valence electrons. The van der Waals surface area contributed by atoms with Gasteiger partial charge in [-0.2, -0.15) is 11.8 Å². The molecule has 0 rings (SSSR count). The number of methoxy groups -OCH3 is 1. The SMILES string of the molecule is CCC(CC)(CNCCOC)SC. The minimum Gasteiger partial charge on any atom is -0.383 e. The molecule has 0 aliphatic rings. The zero-order chi connectivity index (χ0) is 10.2. The molecule has 13 heavy (non-hydrogen) atoms.